The smallest absolute Gasteiger partial charge is 0.268 e. The second kappa shape index (κ2) is 5.52. The summed E-state index contributed by atoms with van der Waals surface area (Å²) in [4.78, 5) is 26.2. The van der Waals surface area contributed by atoms with Gasteiger partial charge in [0.15, 0.2) is 5.78 Å². The molecule has 2 aromatic heterocycles. The molecule has 0 bridgehead atoms. The van der Waals surface area contributed by atoms with Crippen molar-refractivity contribution in [2.75, 3.05) is 0 Å². The zero-order chi connectivity index (χ0) is 15.7. The van der Waals surface area contributed by atoms with Crippen molar-refractivity contribution in [3.8, 4) is 0 Å². The van der Waals surface area contributed by atoms with E-state index in [0.29, 0.717) is 17.0 Å². The van der Waals surface area contributed by atoms with Gasteiger partial charge in [-0.05, 0) is 32.0 Å². The molecular formula is C17H16N2O3. The summed E-state index contributed by atoms with van der Waals surface area (Å²) in [5.41, 5.74) is 1.63. The Kier molecular flexibility index (Phi) is 3.55. The van der Waals surface area contributed by atoms with Crippen LogP contribution in [0.4, 0.5) is 0 Å². The van der Waals surface area contributed by atoms with E-state index in [1.54, 1.807) is 6.07 Å². The van der Waals surface area contributed by atoms with E-state index in [0.717, 1.165) is 11.0 Å². The molecule has 1 amide bonds. The molecule has 1 aromatic carbocycles. The van der Waals surface area contributed by atoms with E-state index < -0.39 is 0 Å². The molecule has 3 aromatic rings. The van der Waals surface area contributed by atoms with Gasteiger partial charge < -0.3 is 14.7 Å². The molecule has 0 fully saturated rings. The lowest BCUT2D eigenvalue weighted by atomic mass is 10.2. The monoisotopic (exact) mass is 296 g/mol. The maximum atomic E-state index is 12.2. The number of amides is 1. The van der Waals surface area contributed by atoms with Crippen molar-refractivity contribution in [3.05, 3.63) is 59.6 Å². The maximum absolute atomic E-state index is 12.2. The number of Topliss-reactive ketones (excluding diaryl/α,β-unsaturated/α-hetero) is 1. The minimum Gasteiger partial charge on any atom is -0.459 e. The van der Waals surface area contributed by atoms with Gasteiger partial charge in [0.1, 0.15) is 17.0 Å². The quantitative estimate of drug-likeness (QED) is 0.724. The fourth-order valence-corrected chi connectivity index (χ4v) is 2.29. The number of carbonyl (C=O) groups excluding carboxylic acids is 2. The largest absolute Gasteiger partial charge is 0.459 e. The van der Waals surface area contributed by atoms with Crippen molar-refractivity contribution in [2.45, 2.75) is 19.9 Å². The van der Waals surface area contributed by atoms with Gasteiger partial charge in [-0.2, -0.15) is 0 Å². The highest BCUT2D eigenvalue weighted by Crippen LogP contribution is 2.23. The third kappa shape index (κ3) is 2.65. The van der Waals surface area contributed by atoms with Crippen LogP contribution in [-0.2, 0) is 0 Å². The summed E-state index contributed by atoms with van der Waals surface area (Å²) in [6, 6.07) is 10.9. The molecule has 5 nitrogen and oxygen atoms in total. The number of hydrogen-bond donors (Lipinski definition) is 2. The molecule has 0 aliphatic carbocycles. The van der Waals surface area contributed by atoms with Crippen molar-refractivity contribution >= 4 is 22.7 Å². The summed E-state index contributed by atoms with van der Waals surface area (Å²) < 4.78 is 5.73. The van der Waals surface area contributed by atoms with Crippen LogP contribution in [0.2, 0.25) is 0 Å². The first-order chi connectivity index (χ1) is 10.5. The molecule has 1 atom stereocenters. The van der Waals surface area contributed by atoms with Crippen LogP contribution in [0.25, 0.3) is 11.0 Å². The van der Waals surface area contributed by atoms with Crippen molar-refractivity contribution in [1.29, 1.82) is 0 Å². The molecule has 2 N–H and O–H groups in total. The van der Waals surface area contributed by atoms with Crippen molar-refractivity contribution in [1.82, 2.24) is 10.3 Å². The van der Waals surface area contributed by atoms with E-state index in [1.165, 1.54) is 13.1 Å². The predicted octanol–water partition coefficient (Wildman–Crippen LogP) is 3.45. The summed E-state index contributed by atoms with van der Waals surface area (Å²) in [6.07, 6.45) is 1.53. The van der Waals surface area contributed by atoms with Crippen LogP contribution in [0.5, 0.6) is 0 Å². The van der Waals surface area contributed by atoms with Gasteiger partial charge in [0.2, 0.25) is 0 Å². The van der Waals surface area contributed by atoms with Gasteiger partial charge in [-0.1, -0.05) is 18.2 Å². The zero-order valence-corrected chi connectivity index (χ0v) is 12.3. The number of ketones is 1. The number of fused-ring (bicyclic) bond motifs is 1. The van der Waals surface area contributed by atoms with Gasteiger partial charge in [-0.15, -0.1) is 0 Å². The predicted molar refractivity (Wildman–Crippen MR) is 82.9 cm³/mol. The van der Waals surface area contributed by atoms with E-state index >= 15 is 0 Å². The Hall–Kier alpha value is -2.82. The summed E-state index contributed by atoms with van der Waals surface area (Å²) in [5.74, 6) is 0.328. The van der Waals surface area contributed by atoms with Crippen LogP contribution in [0.15, 0.2) is 47.0 Å². The van der Waals surface area contributed by atoms with Crippen molar-refractivity contribution in [3.63, 3.8) is 0 Å². The highest BCUT2D eigenvalue weighted by atomic mass is 16.3. The standard InChI is InChI=1S/C17H16N2O3/c1-10(16-8-12-5-3-4-6-15(12)22-16)19-17(21)14-7-13(9-18-14)11(2)20/h3-10,18H,1-2H3,(H,19,21)/t10-/m1/s1. The molecule has 0 aliphatic rings. The highest BCUT2D eigenvalue weighted by Gasteiger charge is 2.17. The van der Waals surface area contributed by atoms with E-state index in [-0.39, 0.29) is 17.7 Å². The molecule has 22 heavy (non-hydrogen) atoms. The Morgan fingerprint density at radius 1 is 1.23 bits per heavy atom. The number of aromatic amines is 1. The van der Waals surface area contributed by atoms with Crippen LogP contribution in [0.3, 0.4) is 0 Å². The van der Waals surface area contributed by atoms with Gasteiger partial charge in [-0.3, -0.25) is 9.59 Å². The first-order valence-corrected chi connectivity index (χ1v) is 7.03. The second-order valence-corrected chi connectivity index (χ2v) is 5.24. The van der Waals surface area contributed by atoms with Gasteiger partial charge in [0.25, 0.3) is 5.91 Å². The van der Waals surface area contributed by atoms with Gasteiger partial charge in [0.05, 0.1) is 6.04 Å². The number of benzene rings is 1. The average Bonchev–Trinajstić information content (AvgIpc) is 3.14. The van der Waals surface area contributed by atoms with Crippen LogP contribution in [0, 0.1) is 0 Å². The number of nitrogens with one attached hydrogen (secondary N) is 2. The van der Waals surface area contributed by atoms with Crippen molar-refractivity contribution < 1.29 is 14.0 Å². The lowest BCUT2D eigenvalue weighted by Gasteiger charge is -2.10. The Morgan fingerprint density at radius 2 is 2.00 bits per heavy atom. The normalized spacial score (nSPS) is 12.3. The number of furan rings is 1. The van der Waals surface area contributed by atoms with Gasteiger partial charge in [0, 0.05) is 17.1 Å². The minimum atomic E-state index is -0.277. The Balaban J connectivity index is 1.76. The Labute approximate surface area is 127 Å². The number of H-pyrrole nitrogens is 1. The SMILES string of the molecule is CC(=O)c1c[nH]c(C(=O)N[C@H](C)c2cc3ccccc3o2)c1. The molecule has 0 saturated heterocycles. The lowest BCUT2D eigenvalue weighted by molar-refractivity contribution is 0.0931. The minimum absolute atomic E-state index is 0.0827. The maximum Gasteiger partial charge on any atom is 0.268 e. The zero-order valence-electron chi connectivity index (χ0n) is 12.3. The van der Waals surface area contributed by atoms with Crippen LogP contribution in [-0.4, -0.2) is 16.7 Å². The second-order valence-electron chi connectivity index (χ2n) is 5.24. The molecule has 0 spiro atoms. The van der Waals surface area contributed by atoms with Crippen LogP contribution >= 0.6 is 0 Å². The number of rotatable bonds is 4. The van der Waals surface area contributed by atoms with E-state index in [2.05, 4.69) is 10.3 Å². The third-order valence-electron chi connectivity index (χ3n) is 3.55. The Morgan fingerprint density at radius 3 is 2.68 bits per heavy atom. The fourth-order valence-electron chi connectivity index (χ4n) is 2.29. The van der Waals surface area contributed by atoms with Crippen LogP contribution < -0.4 is 5.32 Å². The van der Waals surface area contributed by atoms with Gasteiger partial charge >= 0.3 is 0 Å². The topological polar surface area (TPSA) is 75.1 Å². The molecule has 2 heterocycles. The van der Waals surface area contributed by atoms with E-state index in [9.17, 15) is 9.59 Å². The summed E-state index contributed by atoms with van der Waals surface area (Å²) in [7, 11) is 0. The number of para-hydroxylation sites is 1. The van der Waals surface area contributed by atoms with Crippen LogP contribution in [0.1, 0.15) is 46.5 Å². The number of carbonyl (C=O) groups is 2. The average molecular weight is 296 g/mol. The first-order valence-electron chi connectivity index (χ1n) is 7.03. The number of aromatic nitrogens is 1. The molecule has 3 rings (SSSR count). The summed E-state index contributed by atoms with van der Waals surface area (Å²) in [5, 5.41) is 3.85. The molecule has 0 saturated carbocycles. The molecule has 5 heteroatoms. The van der Waals surface area contributed by atoms with E-state index in [4.69, 9.17) is 4.42 Å². The third-order valence-corrected chi connectivity index (χ3v) is 3.55. The summed E-state index contributed by atoms with van der Waals surface area (Å²) in [6.45, 7) is 3.31. The van der Waals surface area contributed by atoms with Crippen molar-refractivity contribution in [2.24, 2.45) is 0 Å². The van der Waals surface area contributed by atoms with Gasteiger partial charge in [-0.25, -0.2) is 0 Å². The fraction of sp³-hybridized carbons (Fsp3) is 0.176. The molecule has 0 radical (unpaired) electrons. The molecule has 112 valence electrons. The van der Waals surface area contributed by atoms with E-state index in [1.807, 2.05) is 37.3 Å². The lowest BCUT2D eigenvalue weighted by Crippen LogP contribution is -2.26. The number of hydrogen-bond acceptors (Lipinski definition) is 3. The molecular weight excluding hydrogens is 280 g/mol. The highest BCUT2D eigenvalue weighted by molar-refractivity contribution is 5.99. The first kappa shape index (κ1) is 14.1. The molecule has 0 aliphatic heterocycles. The Bertz CT molecular complexity index is 811. The summed E-state index contributed by atoms with van der Waals surface area (Å²) >= 11 is 0. The molecule has 0 unspecified atom stereocenters.